The van der Waals surface area contributed by atoms with Gasteiger partial charge in [0.15, 0.2) is 0 Å². The van der Waals surface area contributed by atoms with Gasteiger partial charge in [0.1, 0.15) is 37.1 Å². The summed E-state index contributed by atoms with van der Waals surface area (Å²) in [6.07, 6.45) is 3.32. The van der Waals surface area contributed by atoms with Crippen molar-refractivity contribution in [3.8, 4) is 17.2 Å². The number of hydrogen-bond acceptors (Lipinski definition) is 7. The van der Waals surface area contributed by atoms with Gasteiger partial charge in [0.25, 0.3) is 0 Å². The Kier molecular flexibility index (Phi) is 12.0. The lowest BCUT2D eigenvalue weighted by molar-refractivity contribution is 0.259. The van der Waals surface area contributed by atoms with Crippen molar-refractivity contribution in [3.05, 3.63) is 124 Å². The van der Waals surface area contributed by atoms with Crippen LogP contribution in [0.1, 0.15) is 52.6 Å². The van der Waals surface area contributed by atoms with Gasteiger partial charge in [-0.2, -0.15) is 0 Å². The summed E-state index contributed by atoms with van der Waals surface area (Å²) in [7, 11) is 0. The molecule has 7 nitrogen and oxygen atoms in total. The van der Waals surface area contributed by atoms with Crippen LogP contribution in [0.2, 0.25) is 0 Å². The molecule has 4 aromatic carbocycles. The molecule has 0 aliphatic carbocycles. The van der Waals surface area contributed by atoms with E-state index in [1.807, 2.05) is 18.2 Å². The molecule has 0 aromatic heterocycles. The van der Waals surface area contributed by atoms with Crippen LogP contribution in [-0.2, 0) is 39.5 Å². The van der Waals surface area contributed by atoms with E-state index in [9.17, 15) is 0 Å². The highest BCUT2D eigenvalue weighted by atomic mass is 16.5. The molecule has 4 aromatic rings. The molecular formula is C39H48N4O3. The molecule has 0 saturated heterocycles. The van der Waals surface area contributed by atoms with Crippen LogP contribution in [0.4, 0.5) is 0 Å². The highest BCUT2D eigenvalue weighted by Gasteiger charge is 2.12. The Hall–Kier alpha value is -3.88. The summed E-state index contributed by atoms with van der Waals surface area (Å²) >= 11 is 0. The Bertz CT molecular complexity index is 1330. The third-order valence-corrected chi connectivity index (χ3v) is 8.64. The molecule has 3 aliphatic rings. The van der Waals surface area contributed by atoms with Crippen molar-refractivity contribution in [2.45, 2.75) is 58.7 Å². The van der Waals surface area contributed by atoms with E-state index in [1.54, 1.807) is 0 Å². The second kappa shape index (κ2) is 17.2. The maximum absolute atomic E-state index is 6.46. The first kappa shape index (κ1) is 32.1. The molecule has 4 bridgehead atoms. The molecule has 7 rings (SSSR count). The lowest BCUT2D eigenvalue weighted by Crippen LogP contribution is -2.32. The summed E-state index contributed by atoms with van der Waals surface area (Å²) in [5.74, 6) is 2.76. The predicted octanol–water partition coefficient (Wildman–Crippen LogP) is 6.19. The molecule has 0 amide bonds. The minimum atomic E-state index is 0.466. The van der Waals surface area contributed by atoms with Crippen molar-refractivity contribution in [2.75, 3.05) is 39.3 Å². The van der Waals surface area contributed by atoms with Crippen LogP contribution in [0, 0.1) is 0 Å². The van der Waals surface area contributed by atoms with E-state index < -0.39 is 0 Å². The molecule has 0 atom stereocenters. The fourth-order valence-electron chi connectivity index (χ4n) is 6.23. The van der Waals surface area contributed by atoms with Gasteiger partial charge in [-0.05, 0) is 112 Å². The maximum atomic E-state index is 6.46. The summed E-state index contributed by atoms with van der Waals surface area (Å²) in [4.78, 5) is 2.62. The second-order valence-electron chi connectivity index (χ2n) is 12.3. The standard InChI is InChI=1S/C39H48N4O3/c1-4-13-37-34(10-1)25-40-16-7-19-43-20-8-17-41-26-35-11-2-5-14-38(35)45-29-32-22-31(28-44-37)23-33(24-32)30-46-39-15-6-3-12-36(39)27-42-18-9-21-43/h1-6,10-15,22-24,40-42H,7-9,16-21,25-30H2. The average molecular weight is 621 g/mol. The Morgan fingerprint density at radius 3 is 1.11 bits per heavy atom. The normalized spacial score (nSPS) is 17.7. The first-order chi connectivity index (χ1) is 22.8. The molecular weight excluding hydrogens is 572 g/mol. The molecule has 3 heterocycles. The summed E-state index contributed by atoms with van der Waals surface area (Å²) in [6.45, 7) is 9.92. The van der Waals surface area contributed by atoms with Gasteiger partial charge in [-0.1, -0.05) is 54.6 Å². The molecule has 0 radical (unpaired) electrons. The predicted molar refractivity (Wildman–Crippen MR) is 184 cm³/mol. The quantitative estimate of drug-likeness (QED) is 0.217. The van der Waals surface area contributed by atoms with Crippen molar-refractivity contribution in [2.24, 2.45) is 0 Å². The minimum absolute atomic E-state index is 0.466. The van der Waals surface area contributed by atoms with E-state index in [2.05, 4.69) is 93.6 Å². The molecule has 46 heavy (non-hydrogen) atoms. The van der Waals surface area contributed by atoms with Gasteiger partial charge in [-0.3, -0.25) is 0 Å². The van der Waals surface area contributed by atoms with Crippen LogP contribution >= 0.6 is 0 Å². The molecule has 0 spiro atoms. The zero-order chi connectivity index (χ0) is 31.2. The summed E-state index contributed by atoms with van der Waals surface area (Å²) in [5, 5.41) is 11.0. The van der Waals surface area contributed by atoms with Gasteiger partial charge in [-0.25, -0.2) is 0 Å². The monoisotopic (exact) mass is 620 g/mol. The third-order valence-electron chi connectivity index (χ3n) is 8.64. The van der Waals surface area contributed by atoms with Crippen molar-refractivity contribution in [1.29, 1.82) is 0 Å². The van der Waals surface area contributed by atoms with Crippen molar-refractivity contribution in [1.82, 2.24) is 20.9 Å². The van der Waals surface area contributed by atoms with E-state index in [0.29, 0.717) is 19.8 Å². The molecule has 0 unspecified atom stereocenters. The minimum Gasteiger partial charge on any atom is -0.489 e. The molecule has 0 fully saturated rings. The van der Waals surface area contributed by atoms with Gasteiger partial charge in [-0.15, -0.1) is 0 Å². The van der Waals surface area contributed by atoms with Gasteiger partial charge < -0.3 is 35.1 Å². The van der Waals surface area contributed by atoms with Gasteiger partial charge in [0, 0.05) is 36.3 Å². The maximum Gasteiger partial charge on any atom is 0.124 e. The van der Waals surface area contributed by atoms with E-state index in [-0.39, 0.29) is 0 Å². The number of ether oxygens (including phenoxy) is 3. The van der Waals surface area contributed by atoms with Crippen LogP contribution < -0.4 is 30.2 Å². The average Bonchev–Trinajstić information content (AvgIpc) is 3.08. The van der Waals surface area contributed by atoms with Crippen LogP contribution in [0.5, 0.6) is 17.2 Å². The number of para-hydroxylation sites is 3. The zero-order valence-corrected chi connectivity index (χ0v) is 26.9. The first-order valence-corrected chi connectivity index (χ1v) is 16.9. The number of nitrogens with one attached hydrogen (secondary N) is 3. The lowest BCUT2D eigenvalue weighted by atomic mass is 10.1. The van der Waals surface area contributed by atoms with Crippen LogP contribution in [-0.4, -0.2) is 44.2 Å². The van der Waals surface area contributed by atoms with E-state index >= 15 is 0 Å². The van der Waals surface area contributed by atoms with Gasteiger partial charge in [0.05, 0.1) is 0 Å². The highest BCUT2D eigenvalue weighted by Crippen LogP contribution is 2.24. The fraction of sp³-hybridized carbons (Fsp3) is 0.385. The van der Waals surface area contributed by atoms with Crippen LogP contribution in [0.3, 0.4) is 0 Å². The fourth-order valence-corrected chi connectivity index (χ4v) is 6.23. The Morgan fingerprint density at radius 2 is 0.761 bits per heavy atom. The number of benzene rings is 4. The molecule has 7 heteroatoms. The Labute approximate surface area is 274 Å². The third kappa shape index (κ3) is 9.56. The van der Waals surface area contributed by atoms with E-state index in [0.717, 1.165) is 112 Å². The largest absolute Gasteiger partial charge is 0.489 e. The molecule has 242 valence electrons. The van der Waals surface area contributed by atoms with Crippen LogP contribution in [0.25, 0.3) is 0 Å². The zero-order valence-electron chi connectivity index (χ0n) is 26.9. The van der Waals surface area contributed by atoms with E-state index in [1.165, 1.54) is 16.7 Å². The summed E-state index contributed by atoms with van der Waals surface area (Å²) in [6, 6.07) is 31.7. The van der Waals surface area contributed by atoms with Gasteiger partial charge in [0.2, 0.25) is 0 Å². The smallest absolute Gasteiger partial charge is 0.124 e. The highest BCUT2D eigenvalue weighted by molar-refractivity contribution is 5.37. The topological polar surface area (TPSA) is 67.0 Å². The molecule has 3 aliphatic heterocycles. The molecule has 3 N–H and O–H groups in total. The van der Waals surface area contributed by atoms with Crippen LogP contribution in [0.15, 0.2) is 91.0 Å². The number of fused-ring (bicyclic) bond motifs is 15. The lowest BCUT2D eigenvalue weighted by Gasteiger charge is -2.23. The SMILES string of the molecule is c1ccc2c(c1)CNCCCN1CCCNCc3ccccc3OCc3cc(cc(c3)COc3ccccc3CNCCC1)CO2. The summed E-state index contributed by atoms with van der Waals surface area (Å²) < 4.78 is 19.4. The van der Waals surface area contributed by atoms with Crippen molar-refractivity contribution < 1.29 is 14.2 Å². The molecule has 0 saturated carbocycles. The van der Waals surface area contributed by atoms with Crippen molar-refractivity contribution >= 4 is 0 Å². The Balaban J connectivity index is 1.32. The van der Waals surface area contributed by atoms with E-state index in [4.69, 9.17) is 14.2 Å². The second-order valence-corrected chi connectivity index (χ2v) is 12.3. The summed E-state index contributed by atoms with van der Waals surface area (Å²) in [5.41, 5.74) is 6.82. The number of rotatable bonds is 0. The number of nitrogens with zero attached hydrogens (tertiary/aromatic N) is 1. The number of hydrogen-bond donors (Lipinski definition) is 3. The van der Waals surface area contributed by atoms with Crippen molar-refractivity contribution in [3.63, 3.8) is 0 Å². The Morgan fingerprint density at radius 1 is 0.435 bits per heavy atom. The first-order valence-electron chi connectivity index (χ1n) is 16.9. The van der Waals surface area contributed by atoms with Gasteiger partial charge >= 0.3 is 0 Å².